The Balaban J connectivity index is 3.76. The predicted octanol–water partition coefficient (Wildman–Crippen LogP) is 6.63. The standard InChI is InChI=1S/C19H36/c1-7-9-10-11-17(4)13-15-19(6)18(5)14-12-16(3)8-2/h7-9,16-19H,2,10-15H2,1,3-6H3/b9-7+. The van der Waals surface area contributed by atoms with E-state index in [1.807, 2.05) is 0 Å². The van der Waals surface area contributed by atoms with Gasteiger partial charge < -0.3 is 0 Å². The molecule has 0 saturated carbocycles. The molecule has 0 radical (unpaired) electrons. The second kappa shape index (κ2) is 11.3. The largest absolute Gasteiger partial charge is 0.103 e. The zero-order valence-electron chi connectivity index (χ0n) is 14.0. The number of allylic oxidation sites excluding steroid dienone is 3. The Labute approximate surface area is 122 Å². The van der Waals surface area contributed by atoms with Crippen molar-refractivity contribution < 1.29 is 0 Å². The molecule has 0 rings (SSSR count). The molecule has 0 heterocycles. The van der Waals surface area contributed by atoms with Crippen LogP contribution in [0.25, 0.3) is 0 Å². The molecule has 0 saturated heterocycles. The molecule has 4 atom stereocenters. The Morgan fingerprint density at radius 1 is 0.842 bits per heavy atom. The van der Waals surface area contributed by atoms with Crippen LogP contribution in [0, 0.1) is 23.7 Å². The highest BCUT2D eigenvalue weighted by atomic mass is 14.2. The van der Waals surface area contributed by atoms with Gasteiger partial charge in [0.25, 0.3) is 0 Å². The lowest BCUT2D eigenvalue weighted by molar-refractivity contribution is 0.300. The molecular weight excluding hydrogens is 228 g/mol. The number of rotatable bonds is 11. The van der Waals surface area contributed by atoms with Gasteiger partial charge in [0, 0.05) is 0 Å². The lowest BCUT2D eigenvalue weighted by Gasteiger charge is -2.22. The SMILES string of the molecule is C=CC(C)CCC(C)C(C)CCC(C)CC/C=C/C. The maximum Gasteiger partial charge on any atom is -0.0265 e. The van der Waals surface area contributed by atoms with Crippen LogP contribution in [0.4, 0.5) is 0 Å². The average molecular weight is 264 g/mol. The maximum absolute atomic E-state index is 3.87. The first-order valence-corrected chi connectivity index (χ1v) is 8.24. The quantitative estimate of drug-likeness (QED) is 0.367. The molecule has 0 aliphatic heterocycles. The summed E-state index contributed by atoms with van der Waals surface area (Å²) in [7, 11) is 0. The van der Waals surface area contributed by atoms with Crippen LogP contribution >= 0.6 is 0 Å². The van der Waals surface area contributed by atoms with Crippen molar-refractivity contribution >= 4 is 0 Å². The Kier molecular flexibility index (Phi) is 11.0. The van der Waals surface area contributed by atoms with E-state index in [1.165, 1.54) is 38.5 Å². The molecule has 112 valence electrons. The van der Waals surface area contributed by atoms with Gasteiger partial charge in [-0.3, -0.25) is 0 Å². The van der Waals surface area contributed by atoms with Crippen molar-refractivity contribution in [2.24, 2.45) is 23.7 Å². The summed E-state index contributed by atoms with van der Waals surface area (Å²) >= 11 is 0. The molecule has 0 aromatic rings. The van der Waals surface area contributed by atoms with E-state index in [0.717, 1.165) is 17.8 Å². The highest BCUT2D eigenvalue weighted by Crippen LogP contribution is 2.26. The van der Waals surface area contributed by atoms with E-state index in [2.05, 4.69) is 59.4 Å². The normalized spacial score (nSPS) is 18.2. The molecule has 19 heavy (non-hydrogen) atoms. The van der Waals surface area contributed by atoms with Gasteiger partial charge in [-0.15, -0.1) is 6.58 Å². The summed E-state index contributed by atoms with van der Waals surface area (Å²) in [6.45, 7) is 15.5. The third-order valence-electron chi connectivity index (χ3n) is 4.63. The first-order valence-electron chi connectivity index (χ1n) is 8.24. The smallest absolute Gasteiger partial charge is 0.0265 e. The second-order valence-electron chi connectivity index (χ2n) is 6.57. The van der Waals surface area contributed by atoms with Crippen LogP contribution in [0.15, 0.2) is 24.8 Å². The van der Waals surface area contributed by atoms with Gasteiger partial charge in [-0.05, 0) is 56.3 Å². The summed E-state index contributed by atoms with van der Waals surface area (Å²) in [6, 6.07) is 0. The zero-order chi connectivity index (χ0) is 14.7. The van der Waals surface area contributed by atoms with Crippen molar-refractivity contribution in [3.05, 3.63) is 24.8 Å². The van der Waals surface area contributed by atoms with E-state index in [-0.39, 0.29) is 0 Å². The van der Waals surface area contributed by atoms with E-state index in [4.69, 9.17) is 0 Å². The fourth-order valence-corrected chi connectivity index (χ4v) is 2.45. The monoisotopic (exact) mass is 264 g/mol. The van der Waals surface area contributed by atoms with Crippen molar-refractivity contribution in [2.45, 2.75) is 73.1 Å². The topological polar surface area (TPSA) is 0 Å². The third-order valence-corrected chi connectivity index (χ3v) is 4.63. The van der Waals surface area contributed by atoms with Crippen molar-refractivity contribution in [1.82, 2.24) is 0 Å². The van der Waals surface area contributed by atoms with E-state index in [9.17, 15) is 0 Å². The molecule has 0 aliphatic carbocycles. The van der Waals surface area contributed by atoms with Crippen molar-refractivity contribution in [2.75, 3.05) is 0 Å². The molecule has 0 amide bonds. The molecule has 0 N–H and O–H groups in total. The van der Waals surface area contributed by atoms with Gasteiger partial charge >= 0.3 is 0 Å². The first kappa shape index (κ1) is 18.5. The average Bonchev–Trinajstić information content (AvgIpc) is 2.41. The third kappa shape index (κ3) is 9.99. The Bertz CT molecular complexity index is 238. The first-order chi connectivity index (χ1) is 9.01. The van der Waals surface area contributed by atoms with Gasteiger partial charge in [0.1, 0.15) is 0 Å². The van der Waals surface area contributed by atoms with Gasteiger partial charge in [-0.2, -0.15) is 0 Å². The number of hydrogen-bond acceptors (Lipinski definition) is 0. The van der Waals surface area contributed by atoms with Crippen molar-refractivity contribution in [3.63, 3.8) is 0 Å². The van der Waals surface area contributed by atoms with Gasteiger partial charge in [-0.25, -0.2) is 0 Å². The highest BCUT2D eigenvalue weighted by molar-refractivity contribution is 4.78. The van der Waals surface area contributed by atoms with Crippen molar-refractivity contribution in [1.29, 1.82) is 0 Å². The maximum atomic E-state index is 3.87. The molecule has 0 fully saturated rings. The van der Waals surface area contributed by atoms with Crippen LogP contribution in [-0.2, 0) is 0 Å². The van der Waals surface area contributed by atoms with Crippen LogP contribution in [0.5, 0.6) is 0 Å². The van der Waals surface area contributed by atoms with Crippen LogP contribution < -0.4 is 0 Å². The minimum atomic E-state index is 0.675. The van der Waals surface area contributed by atoms with Crippen LogP contribution in [0.3, 0.4) is 0 Å². The predicted molar refractivity (Wildman–Crippen MR) is 89.4 cm³/mol. The summed E-state index contributed by atoms with van der Waals surface area (Å²) in [4.78, 5) is 0. The van der Waals surface area contributed by atoms with Gasteiger partial charge in [0.2, 0.25) is 0 Å². The molecule has 0 aromatic heterocycles. The molecule has 0 aromatic carbocycles. The zero-order valence-corrected chi connectivity index (χ0v) is 14.0. The van der Waals surface area contributed by atoms with Crippen LogP contribution in [0.2, 0.25) is 0 Å². The molecule has 0 heteroatoms. The van der Waals surface area contributed by atoms with Gasteiger partial charge in [0.15, 0.2) is 0 Å². The second-order valence-corrected chi connectivity index (χ2v) is 6.57. The fourth-order valence-electron chi connectivity index (χ4n) is 2.45. The molecule has 0 nitrogen and oxygen atoms in total. The minimum Gasteiger partial charge on any atom is -0.103 e. The summed E-state index contributed by atoms with van der Waals surface area (Å²) in [5.74, 6) is 3.26. The Morgan fingerprint density at radius 2 is 1.42 bits per heavy atom. The van der Waals surface area contributed by atoms with E-state index >= 15 is 0 Å². The summed E-state index contributed by atoms with van der Waals surface area (Å²) in [5, 5.41) is 0. The summed E-state index contributed by atoms with van der Waals surface area (Å²) in [6.07, 6.45) is 14.6. The summed E-state index contributed by atoms with van der Waals surface area (Å²) < 4.78 is 0. The Hall–Kier alpha value is -0.520. The van der Waals surface area contributed by atoms with E-state index < -0.39 is 0 Å². The molecule has 4 unspecified atom stereocenters. The summed E-state index contributed by atoms with van der Waals surface area (Å²) in [5.41, 5.74) is 0. The van der Waals surface area contributed by atoms with Gasteiger partial charge in [-0.1, -0.05) is 58.8 Å². The van der Waals surface area contributed by atoms with E-state index in [1.54, 1.807) is 0 Å². The van der Waals surface area contributed by atoms with Crippen molar-refractivity contribution in [3.8, 4) is 0 Å². The lowest BCUT2D eigenvalue weighted by Crippen LogP contribution is -2.11. The van der Waals surface area contributed by atoms with Crippen LogP contribution in [-0.4, -0.2) is 0 Å². The number of hydrogen-bond donors (Lipinski definition) is 0. The van der Waals surface area contributed by atoms with Crippen LogP contribution in [0.1, 0.15) is 73.1 Å². The fraction of sp³-hybridized carbons (Fsp3) is 0.789. The molecule has 0 spiro atoms. The molecule has 0 bridgehead atoms. The molecular formula is C19H36. The Morgan fingerprint density at radius 3 is 1.95 bits per heavy atom. The van der Waals surface area contributed by atoms with E-state index in [0.29, 0.717) is 5.92 Å². The molecule has 0 aliphatic rings. The minimum absolute atomic E-state index is 0.675. The highest BCUT2D eigenvalue weighted by Gasteiger charge is 2.14. The lowest BCUT2D eigenvalue weighted by atomic mass is 9.84. The van der Waals surface area contributed by atoms with Gasteiger partial charge in [0.05, 0.1) is 0 Å².